The largest absolute Gasteiger partial charge is 0.379 e. The molecular formula is C28H20ClN3O3S2. The summed E-state index contributed by atoms with van der Waals surface area (Å²) in [6.07, 6.45) is 1.63. The first-order valence-electron chi connectivity index (χ1n) is 11.2. The number of anilines is 1. The average Bonchev–Trinajstić information content (AvgIpc) is 3.35. The lowest BCUT2D eigenvalue weighted by atomic mass is 10.1. The summed E-state index contributed by atoms with van der Waals surface area (Å²) in [6, 6.07) is 32.2. The van der Waals surface area contributed by atoms with Crippen LogP contribution in [0.4, 0.5) is 5.13 Å². The topological polar surface area (TPSA) is 80.7 Å². The molecule has 0 amide bonds. The number of hydrogen-bond donors (Lipinski definition) is 1. The van der Waals surface area contributed by atoms with Gasteiger partial charge in [0.15, 0.2) is 0 Å². The molecule has 0 atom stereocenters. The van der Waals surface area contributed by atoms with Gasteiger partial charge in [0.05, 0.1) is 16.8 Å². The van der Waals surface area contributed by atoms with Gasteiger partial charge in [-0.2, -0.15) is 13.5 Å². The van der Waals surface area contributed by atoms with E-state index in [-0.39, 0.29) is 10.6 Å². The van der Waals surface area contributed by atoms with Crippen molar-refractivity contribution in [2.24, 2.45) is 5.10 Å². The predicted octanol–water partition coefficient (Wildman–Crippen LogP) is 7.34. The maximum Gasteiger partial charge on any atom is 0.339 e. The SMILES string of the molecule is O=S(=O)(Oc1ccc(/C=N/Nc2nc(-c3ccccc3)c(-c3ccc(Cl)cc3)s2)cc1)c1ccccc1. The Morgan fingerprint density at radius 3 is 2.14 bits per heavy atom. The van der Waals surface area contributed by atoms with Gasteiger partial charge >= 0.3 is 10.1 Å². The number of thiazole rings is 1. The van der Waals surface area contributed by atoms with Gasteiger partial charge in [0, 0.05) is 10.6 Å². The molecular weight excluding hydrogens is 526 g/mol. The van der Waals surface area contributed by atoms with E-state index in [2.05, 4.69) is 10.5 Å². The van der Waals surface area contributed by atoms with Crippen LogP contribution in [-0.2, 0) is 10.1 Å². The second-order valence-electron chi connectivity index (χ2n) is 7.86. The van der Waals surface area contributed by atoms with Gasteiger partial charge in [0.25, 0.3) is 0 Å². The lowest BCUT2D eigenvalue weighted by Crippen LogP contribution is -2.09. The number of rotatable bonds is 8. The van der Waals surface area contributed by atoms with Crippen LogP contribution in [0.3, 0.4) is 0 Å². The van der Waals surface area contributed by atoms with Gasteiger partial charge in [0.2, 0.25) is 5.13 Å². The second-order valence-corrected chi connectivity index (χ2v) is 10.8. The van der Waals surface area contributed by atoms with Crippen LogP contribution in [0.15, 0.2) is 119 Å². The first-order chi connectivity index (χ1) is 18.0. The van der Waals surface area contributed by atoms with Gasteiger partial charge in [-0.1, -0.05) is 83.6 Å². The smallest absolute Gasteiger partial charge is 0.339 e. The number of nitrogens with one attached hydrogen (secondary N) is 1. The van der Waals surface area contributed by atoms with Crippen molar-refractivity contribution in [1.82, 2.24) is 4.98 Å². The van der Waals surface area contributed by atoms with Crippen molar-refractivity contribution in [3.05, 3.63) is 120 Å². The van der Waals surface area contributed by atoms with E-state index >= 15 is 0 Å². The number of halogens is 1. The standard InChI is InChI=1S/C28H20ClN3O3S2/c29-23-15-13-22(14-16-23)27-26(21-7-3-1-4-8-21)31-28(36-27)32-30-19-20-11-17-24(18-12-20)35-37(33,34)25-9-5-2-6-10-25/h1-19H,(H,31,32)/b30-19+. The van der Waals surface area contributed by atoms with E-state index in [1.165, 1.54) is 23.5 Å². The Bertz CT molecular complexity index is 1620. The van der Waals surface area contributed by atoms with Crippen molar-refractivity contribution in [2.75, 3.05) is 5.43 Å². The minimum atomic E-state index is -3.89. The molecule has 0 unspecified atom stereocenters. The third kappa shape index (κ3) is 6.06. The van der Waals surface area contributed by atoms with E-state index in [9.17, 15) is 8.42 Å². The quantitative estimate of drug-likeness (QED) is 0.125. The maximum absolute atomic E-state index is 12.4. The molecule has 0 saturated carbocycles. The third-order valence-electron chi connectivity index (χ3n) is 5.27. The fourth-order valence-corrected chi connectivity index (χ4v) is 5.51. The molecule has 9 heteroatoms. The molecule has 0 spiro atoms. The molecule has 0 saturated heterocycles. The van der Waals surface area contributed by atoms with Crippen LogP contribution in [0.25, 0.3) is 21.7 Å². The van der Waals surface area contributed by atoms with Crippen molar-refractivity contribution in [1.29, 1.82) is 0 Å². The summed E-state index contributed by atoms with van der Waals surface area (Å²) in [5, 5.41) is 5.62. The van der Waals surface area contributed by atoms with Crippen LogP contribution in [0.1, 0.15) is 5.56 Å². The molecule has 1 aromatic heterocycles. The Morgan fingerprint density at radius 2 is 1.46 bits per heavy atom. The Kier molecular flexibility index (Phi) is 7.32. The van der Waals surface area contributed by atoms with Crippen LogP contribution in [-0.4, -0.2) is 19.6 Å². The fraction of sp³-hybridized carbons (Fsp3) is 0. The molecule has 0 aliphatic carbocycles. The molecule has 4 aromatic carbocycles. The fourth-order valence-electron chi connectivity index (χ4n) is 3.49. The summed E-state index contributed by atoms with van der Waals surface area (Å²) in [7, 11) is -3.89. The Hall–Kier alpha value is -3.98. The first kappa shape index (κ1) is 24.7. The zero-order valence-corrected chi connectivity index (χ0v) is 21.7. The molecule has 1 heterocycles. The second kappa shape index (κ2) is 11.0. The number of aromatic nitrogens is 1. The lowest BCUT2D eigenvalue weighted by Gasteiger charge is -2.06. The molecule has 6 nitrogen and oxygen atoms in total. The Morgan fingerprint density at radius 1 is 0.811 bits per heavy atom. The molecule has 5 rings (SSSR count). The highest BCUT2D eigenvalue weighted by Crippen LogP contribution is 2.39. The Balaban J connectivity index is 1.31. The van der Waals surface area contributed by atoms with E-state index in [1.54, 1.807) is 48.7 Å². The third-order valence-corrected chi connectivity index (χ3v) is 7.79. The molecule has 0 aliphatic rings. The number of benzene rings is 4. The summed E-state index contributed by atoms with van der Waals surface area (Å²) in [4.78, 5) is 5.87. The molecule has 1 N–H and O–H groups in total. The molecule has 0 radical (unpaired) electrons. The van der Waals surface area contributed by atoms with E-state index < -0.39 is 10.1 Å². The van der Waals surface area contributed by atoms with Gasteiger partial charge in [-0.15, -0.1) is 0 Å². The highest BCUT2D eigenvalue weighted by Gasteiger charge is 2.16. The van der Waals surface area contributed by atoms with Crippen molar-refractivity contribution < 1.29 is 12.6 Å². The zero-order chi connectivity index (χ0) is 25.7. The summed E-state index contributed by atoms with van der Waals surface area (Å²) in [5.74, 6) is 0.217. The van der Waals surface area contributed by atoms with Crippen molar-refractivity contribution in [3.8, 4) is 27.4 Å². The van der Waals surface area contributed by atoms with Crippen LogP contribution in [0.2, 0.25) is 5.02 Å². The minimum absolute atomic E-state index is 0.0983. The van der Waals surface area contributed by atoms with Gasteiger partial charge in [-0.3, -0.25) is 5.43 Å². The zero-order valence-electron chi connectivity index (χ0n) is 19.3. The molecule has 0 fully saturated rings. The molecule has 0 aliphatic heterocycles. The van der Waals surface area contributed by atoms with Crippen LogP contribution >= 0.6 is 22.9 Å². The van der Waals surface area contributed by atoms with Crippen molar-refractivity contribution in [3.63, 3.8) is 0 Å². The molecule has 184 valence electrons. The van der Waals surface area contributed by atoms with Gasteiger partial charge in [-0.05, 0) is 59.7 Å². The maximum atomic E-state index is 12.4. The summed E-state index contributed by atoms with van der Waals surface area (Å²) < 4.78 is 30.0. The Labute approximate surface area is 224 Å². The predicted molar refractivity (Wildman–Crippen MR) is 150 cm³/mol. The summed E-state index contributed by atoms with van der Waals surface area (Å²) in [6.45, 7) is 0. The van der Waals surface area contributed by atoms with Gasteiger partial charge in [0.1, 0.15) is 10.6 Å². The van der Waals surface area contributed by atoms with Gasteiger partial charge in [-0.25, -0.2) is 4.98 Å². The normalized spacial score (nSPS) is 11.5. The molecule has 5 aromatic rings. The van der Waals surface area contributed by atoms with Crippen LogP contribution < -0.4 is 9.61 Å². The van der Waals surface area contributed by atoms with Crippen LogP contribution in [0.5, 0.6) is 5.75 Å². The number of nitrogens with zero attached hydrogens (tertiary/aromatic N) is 2. The van der Waals surface area contributed by atoms with Crippen LogP contribution in [0, 0.1) is 0 Å². The summed E-state index contributed by atoms with van der Waals surface area (Å²) >= 11 is 7.57. The average molecular weight is 546 g/mol. The van der Waals surface area contributed by atoms with Gasteiger partial charge < -0.3 is 4.18 Å². The number of hydrazone groups is 1. The lowest BCUT2D eigenvalue weighted by molar-refractivity contribution is 0.486. The number of hydrogen-bond acceptors (Lipinski definition) is 7. The van der Waals surface area contributed by atoms with E-state index in [4.69, 9.17) is 20.8 Å². The monoisotopic (exact) mass is 545 g/mol. The van der Waals surface area contributed by atoms with E-state index in [0.29, 0.717) is 10.2 Å². The molecule has 0 bridgehead atoms. The molecule has 37 heavy (non-hydrogen) atoms. The van der Waals surface area contributed by atoms with E-state index in [0.717, 1.165) is 27.3 Å². The highest BCUT2D eigenvalue weighted by molar-refractivity contribution is 7.87. The first-order valence-corrected chi connectivity index (χ1v) is 13.8. The van der Waals surface area contributed by atoms with Crippen molar-refractivity contribution in [2.45, 2.75) is 4.90 Å². The highest BCUT2D eigenvalue weighted by atomic mass is 35.5. The summed E-state index contributed by atoms with van der Waals surface area (Å²) in [5.41, 5.74) is 6.63. The minimum Gasteiger partial charge on any atom is -0.379 e. The van der Waals surface area contributed by atoms with E-state index in [1.807, 2.05) is 54.6 Å². The van der Waals surface area contributed by atoms with Crippen molar-refractivity contribution >= 4 is 44.4 Å².